The van der Waals surface area contributed by atoms with Crippen molar-refractivity contribution < 1.29 is 14.7 Å². The van der Waals surface area contributed by atoms with Crippen molar-refractivity contribution in [3.05, 3.63) is 47.8 Å². The molecule has 1 aliphatic heterocycles. The molecule has 7 nitrogen and oxygen atoms in total. The minimum Gasteiger partial charge on any atom is -0.480 e. The second-order valence-electron chi connectivity index (χ2n) is 6.85. The smallest absolute Gasteiger partial charge is 0.326 e. The molecular formula is C19H24N4O3. The first-order valence-electron chi connectivity index (χ1n) is 8.67. The molecule has 0 spiro atoms. The van der Waals surface area contributed by atoms with Crippen molar-refractivity contribution in [2.45, 2.75) is 38.4 Å². The van der Waals surface area contributed by atoms with Crippen molar-refractivity contribution in [2.24, 2.45) is 7.05 Å². The Balaban J connectivity index is 1.82. The van der Waals surface area contributed by atoms with Crippen molar-refractivity contribution in [3.63, 3.8) is 0 Å². The Kier molecular flexibility index (Phi) is 4.97. The molecule has 26 heavy (non-hydrogen) atoms. The molecule has 1 fully saturated rings. The summed E-state index contributed by atoms with van der Waals surface area (Å²) in [5.74, 6) is -0.980. The van der Waals surface area contributed by atoms with Gasteiger partial charge in [-0.15, -0.1) is 0 Å². The van der Waals surface area contributed by atoms with E-state index in [-0.39, 0.29) is 5.91 Å². The molecule has 3 rings (SSSR count). The second-order valence-corrected chi connectivity index (χ2v) is 6.85. The van der Waals surface area contributed by atoms with E-state index in [0.717, 1.165) is 11.1 Å². The Morgan fingerprint density at radius 1 is 1.27 bits per heavy atom. The van der Waals surface area contributed by atoms with Gasteiger partial charge in [0.25, 0.3) is 0 Å². The molecule has 138 valence electrons. The van der Waals surface area contributed by atoms with E-state index in [2.05, 4.69) is 5.10 Å². The van der Waals surface area contributed by atoms with Gasteiger partial charge in [0.15, 0.2) is 0 Å². The largest absolute Gasteiger partial charge is 0.480 e. The number of likely N-dealkylation sites (N-methyl/N-ethyl adjacent to an activating group) is 1. The van der Waals surface area contributed by atoms with E-state index >= 15 is 0 Å². The average Bonchev–Trinajstić information content (AvgIpc) is 3.22. The van der Waals surface area contributed by atoms with E-state index < -0.39 is 18.1 Å². The Hall–Kier alpha value is -2.83. The summed E-state index contributed by atoms with van der Waals surface area (Å²) >= 11 is 0. The number of nitrogens with zero attached hydrogens (tertiary/aromatic N) is 4. The first kappa shape index (κ1) is 18.0. The lowest BCUT2D eigenvalue weighted by Gasteiger charge is -2.31. The fourth-order valence-corrected chi connectivity index (χ4v) is 3.57. The lowest BCUT2D eigenvalue weighted by atomic mass is 10.1. The predicted molar refractivity (Wildman–Crippen MR) is 97.8 cm³/mol. The number of benzene rings is 1. The highest BCUT2D eigenvalue weighted by Gasteiger charge is 2.43. The van der Waals surface area contributed by atoms with Gasteiger partial charge in [-0.1, -0.05) is 24.3 Å². The van der Waals surface area contributed by atoms with Crippen LogP contribution < -0.4 is 4.90 Å². The molecular weight excluding hydrogens is 332 g/mol. The van der Waals surface area contributed by atoms with Gasteiger partial charge in [0.1, 0.15) is 12.1 Å². The molecule has 2 heterocycles. The van der Waals surface area contributed by atoms with Gasteiger partial charge >= 0.3 is 5.97 Å². The number of carboxylic acids is 1. The van der Waals surface area contributed by atoms with Gasteiger partial charge in [0.05, 0.1) is 11.9 Å². The maximum Gasteiger partial charge on any atom is 0.326 e. The third-order valence-corrected chi connectivity index (χ3v) is 4.99. The number of carbonyl (C=O) groups is 2. The fraction of sp³-hybridized carbons (Fsp3) is 0.421. The Morgan fingerprint density at radius 2 is 1.96 bits per heavy atom. The minimum atomic E-state index is -0.911. The average molecular weight is 356 g/mol. The first-order chi connectivity index (χ1) is 12.4. The zero-order valence-electron chi connectivity index (χ0n) is 15.3. The van der Waals surface area contributed by atoms with Crippen molar-refractivity contribution in [1.82, 2.24) is 14.7 Å². The summed E-state index contributed by atoms with van der Waals surface area (Å²) in [4.78, 5) is 28.1. The highest BCUT2D eigenvalue weighted by molar-refractivity contribution is 5.90. The van der Waals surface area contributed by atoms with Crippen LogP contribution in [0.4, 0.5) is 5.69 Å². The van der Waals surface area contributed by atoms with Crippen LogP contribution in [0, 0.1) is 6.92 Å². The molecule has 1 aromatic heterocycles. The monoisotopic (exact) mass is 356 g/mol. The van der Waals surface area contributed by atoms with Crippen molar-refractivity contribution >= 4 is 17.6 Å². The van der Waals surface area contributed by atoms with E-state index in [1.165, 1.54) is 0 Å². The van der Waals surface area contributed by atoms with E-state index in [9.17, 15) is 14.7 Å². The summed E-state index contributed by atoms with van der Waals surface area (Å²) in [6.45, 7) is 2.52. The number of carboxylic acid groups (broad SMARTS) is 1. The zero-order chi connectivity index (χ0) is 18.8. The van der Waals surface area contributed by atoms with Crippen LogP contribution in [0.1, 0.15) is 24.0 Å². The van der Waals surface area contributed by atoms with Crippen molar-refractivity contribution in [2.75, 3.05) is 11.9 Å². The molecule has 7 heteroatoms. The minimum absolute atomic E-state index is 0.0687. The maximum absolute atomic E-state index is 13.1. The first-order valence-corrected chi connectivity index (χ1v) is 8.67. The summed E-state index contributed by atoms with van der Waals surface area (Å²) in [6, 6.07) is 6.75. The molecule has 0 saturated carbocycles. The molecule has 0 aliphatic carbocycles. The van der Waals surface area contributed by atoms with Gasteiger partial charge in [-0.2, -0.15) is 5.10 Å². The van der Waals surface area contributed by atoms with Gasteiger partial charge in [-0.3, -0.25) is 9.48 Å². The number of hydrogen-bond donors (Lipinski definition) is 1. The van der Waals surface area contributed by atoms with Gasteiger partial charge in [-0.25, -0.2) is 4.79 Å². The van der Waals surface area contributed by atoms with E-state index in [1.807, 2.05) is 31.2 Å². The summed E-state index contributed by atoms with van der Waals surface area (Å²) in [5.41, 5.74) is 2.88. The number of rotatable bonds is 5. The standard InChI is InChI=1S/C19H24N4O3/c1-13-6-4-5-7-14(13)11-21(2)18(24)16-8-9-17(19(25)26)23(16)15-10-20-22(3)12-15/h4-7,10,12,16-17H,8-9,11H2,1-3H3,(H,25,26). The van der Waals surface area contributed by atoms with Crippen LogP contribution >= 0.6 is 0 Å². The van der Waals surface area contributed by atoms with Crippen LogP contribution in [0.15, 0.2) is 36.7 Å². The molecule has 0 radical (unpaired) electrons. The number of carbonyl (C=O) groups excluding carboxylic acids is 1. The SMILES string of the molecule is Cc1ccccc1CN(C)C(=O)C1CCC(C(=O)O)N1c1cnn(C)c1. The quantitative estimate of drug-likeness (QED) is 0.884. The Bertz CT molecular complexity index is 817. The summed E-state index contributed by atoms with van der Waals surface area (Å²) in [7, 11) is 3.54. The molecule has 2 unspecified atom stereocenters. The van der Waals surface area contributed by atoms with E-state index in [4.69, 9.17) is 0 Å². The maximum atomic E-state index is 13.1. The summed E-state index contributed by atoms with van der Waals surface area (Å²) in [5, 5.41) is 13.7. The number of hydrogen-bond acceptors (Lipinski definition) is 4. The highest BCUT2D eigenvalue weighted by Crippen LogP contribution is 2.31. The van der Waals surface area contributed by atoms with Crippen LogP contribution in [0.3, 0.4) is 0 Å². The normalized spacial score (nSPS) is 19.6. The number of aromatic nitrogens is 2. The molecule has 1 aromatic carbocycles. The third kappa shape index (κ3) is 3.42. The zero-order valence-corrected chi connectivity index (χ0v) is 15.3. The number of aryl methyl sites for hydroxylation is 2. The van der Waals surface area contributed by atoms with Gasteiger partial charge < -0.3 is 14.9 Å². The Morgan fingerprint density at radius 3 is 2.58 bits per heavy atom. The molecule has 1 amide bonds. The number of aliphatic carboxylic acids is 1. The molecule has 1 N–H and O–H groups in total. The third-order valence-electron chi connectivity index (χ3n) is 4.99. The van der Waals surface area contributed by atoms with Crippen LogP contribution in [0.25, 0.3) is 0 Å². The fourth-order valence-electron chi connectivity index (χ4n) is 3.57. The highest BCUT2D eigenvalue weighted by atomic mass is 16.4. The number of anilines is 1. The molecule has 2 aromatic rings. The number of amides is 1. The Labute approximate surface area is 152 Å². The van der Waals surface area contributed by atoms with Crippen LogP contribution in [-0.4, -0.2) is 50.8 Å². The molecule has 0 bridgehead atoms. The van der Waals surface area contributed by atoms with E-state index in [1.54, 1.807) is 41.0 Å². The van der Waals surface area contributed by atoms with Gasteiger partial charge in [0, 0.05) is 26.8 Å². The van der Waals surface area contributed by atoms with Gasteiger partial charge in [0.2, 0.25) is 5.91 Å². The molecule has 1 saturated heterocycles. The topological polar surface area (TPSA) is 78.7 Å². The lowest BCUT2D eigenvalue weighted by molar-refractivity contribution is -0.138. The summed E-state index contributed by atoms with van der Waals surface area (Å²) < 4.78 is 1.62. The van der Waals surface area contributed by atoms with Crippen molar-refractivity contribution in [1.29, 1.82) is 0 Å². The molecule has 1 aliphatic rings. The van der Waals surface area contributed by atoms with Crippen LogP contribution in [0.5, 0.6) is 0 Å². The van der Waals surface area contributed by atoms with E-state index in [0.29, 0.717) is 25.1 Å². The van der Waals surface area contributed by atoms with Gasteiger partial charge in [-0.05, 0) is 30.9 Å². The predicted octanol–water partition coefficient (Wildman–Crippen LogP) is 1.81. The van der Waals surface area contributed by atoms with Crippen molar-refractivity contribution in [3.8, 4) is 0 Å². The second kappa shape index (κ2) is 7.19. The lowest BCUT2D eigenvalue weighted by Crippen LogP contribution is -2.48. The van der Waals surface area contributed by atoms with Crippen LogP contribution in [-0.2, 0) is 23.2 Å². The summed E-state index contributed by atoms with van der Waals surface area (Å²) in [6.07, 6.45) is 4.33. The molecule has 2 atom stereocenters. The van der Waals surface area contributed by atoms with Crippen LogP contribution in [0.2, 0.25) is 0 Å².